The van der Waals surface area contributed by atoms with Gasteiger partial charge in [-0.2, -0.15) is 0 Å². The van der Waals surface area contributed by atoms with E-state index in [-0.39, 0.29) is 17.4 Å². The highest BCUT2D eigenvalue weighted by atomic mass is 32.1. The molecule has 1 saturated heterocycles. The van der Waals surface area contributed by atoms with Gasteiger partial charge in [-0.3, -0.25) is 9.59 Å². The molecular weight excluding hydrogens is 363 g/mol. The van der Waals surface area contributed by atoms with Gasteiger partial charge in [0.15, 0.2) is 0 Å². The van der Waals surface area contributed by atoms with Crippen LogP contribution in [-0.2, 0) is 12.8 Å². The van der Waals surface area contributed by atoms with Gasteiger partial charge in [0.2, 0.25) is 0 Å². The Morgan fingerprint density at radius 1 is 0.889 bits per heavy atom. The van der Waals surface area contributed by atoms with E-state index in [9.17, 15) is 14.0 Å². The molecule has 0 saturated carbocycles. The molecule has 2 amide bonds. The zero-order chi connectivity index (χ0) is 18.8. The van der Waals surface area contributed by atoms with Crippen LogP contribution in [0, 0.1) is 5.82 Å². The minimum Gasteiger partial charge on any atom is -0.337 e. The normalized spacial score (nSPS) is 17.4. The molecule has 1 aliphatic heterocycles. The molecule has 4 rings (SSSR count). The Kier molecular flexibility index (Phi) is 5.25. The van der Waals surface area contributed by atoms with Crippen molar-refractivity contribution >= 4 is 23.2 Å². The molecule has 1 aromatic heterocycles. The van der Waals surface area contributed by atoms with E-state index in [0.29, 0.717) is 32.6 Å². The van der Waals surface area contributed by atoms with Crippen molar-refractivity contribution in [3.05, 3.63) is 57.0 Å². The lowest BCUT2D eigenvalue weighted by Gasteiger charge is -2.22. The van der Waals surface area contributed by atoms with Gasteiger partial charge in [-0.15, -0.1) is 11.3 Å². The molecule has 4 nitrogen and oxygen atoms in total. The van der Waals surface area contributed by atoms with Crippen LogP contribution in [0.3, 0.4) is 0 Å². The summed E-state index contributed by atoms with van der Waals surface area (Å²) in [4.78, 5) is 31.3. The Hall–Kier alpha value is -2.21. The Bertz CT molecular complexity index is 840. The van der Waals surface area contributed by atoms with Gasteiger partial charge < -0.3 is 9.80 Å². The molecule has 27 heavy (non-hydrogen) atoms. The van der Waals surface area contributed by atoms with Gasteiger partial charge in [-0.1, -0.05) is 12.1 Å². The Morgan fingerprint density at radius 3 is 2.33 bits per heavy atom. The maximum Gasteiger partial charge on any atom is 0.263 e. The summed E-state index contributed by atoms with van der Waals surface area (Å²) in [5.41, 5.74) is 1.43. The average Bonchev–Trinajstić information content (AvgIpc) is 2.97. The second-order valence-corrected chi connectivity index (χ2v) is 8.32. The fourth-order valence-corrected chi connectivity index (χ4v) is 5.10. The van der Waals surface area contributed by atoms with Crippen LogP contribution in [0.1, 0.15) is 49.7 Å². The van der Waals surface area contributed by atoms with E-state index in [1.54, 1.807) is 28.4 Å². The second-order valence-electron chi connectivity index (χ2n) is 7.18. The molecule has 142 valence electrons. The SMILES string of the molecule is O=C(c1cc2c(s1)CCCC2)N1CCCN(C(=O)c2ccccc2F)CC1. The van der Waals surface area contributed by atoms with E-state index in [1.807, 2.05) is 4.90 Å². The molecule has 2 aromatic rings. The smallest absolute Gasteiger partial charge is 0.263 e. The predicted molar refractivity (Wildman–Crippen MR) is 104 cm³/mol. The lowest BCUT2D eigenvalue weighted by molar-refractivity contribution is 0.0718. The number of amides is 2. The molecule has 6 heteroatoms. The first-order valence-electron chi connectivity index (χ1n) is 9.58. The van der Waals surface area contributed by atoms with E-state index in [0.717, 1.165) is 17.7 Å². The Labute approximate surface area is 162 Å². The van der Waals surface area contributed by atoms with Crippen LogP contribution in [0.15, 0.2) is 30.3 Å². The zero-order valence-corrected chi connectivity index (χ0v) is 16.1. The molecule has 1 fully saturated rings. The maximum absolute atomic E-state index is 13.9. The summed E-state index contributed by atoms with van der Waals surface area (Å²) < 4.78 is 13.9. The van der Waals surface area contributed by atoms with Crippen molar-refractivity contribution in [2.24, 2.45) is 0 Å². The predicted octanol–water partition coefficient (Wildman–Crippen LogP) is 3.75. The van der Waals surface area contributed by atoms with Gasteiger partial charge in [0.05, 0.1) is 10.4 Å². The molecule has 2 aliphatic rings. The average molecular weight is 386 g/mol. The standard InChI is InChI=1S/C21H23FN2O2S/c22-17-8-3-2-7-16(17)20(25)23-10-5-11-24(13-12-23)21(26)19-14-15-6-1-4-9-18(15)27-19/h2-3,7-8,14H,1,4-6,9-13H2. The van der Waals surface area contributed by atoms with Gasteiger partial charge in [0.1, 0.15) is 5.82 Å². The third-order valence-electron chi connectivity index (χ3n) is 5.38. The first kappa shape index (κ1) is 18.2. The molecule has 0 atom stereocenters. The Balaban J connectivity index is 1.44. The zero-order valence-electron chi connectivity index (χ0n) is 15.2. The van der Waals surface area contributed by atoms with E-state index in [2.05, 4.69) is 6.07 Å². The minimum atomic E-state index is -0.496. The first-order chi connectivity index (χ1) is 13.1. The van der Waals surface area contributed by atoms with E-state index in [4.69, 9.17) is 0 Å². The van der Waals surface area contributed by atoms with Crippen LogP contribution in [0.5, 0.6) is 0 Å². The monoisotopic (exact) mass is 386 g/mol. The largest absolute Gasteiger partial charge is 0.337 e. The van der Waals surface area contributed by atoms with E-state index < -0.39 is 5.82 Å². The van der Waals surface area contributed by atoms with Crippen LogP contribution >= 0.6 is 11.3 Å². The fraction of sp³-hybridized carbons (Fsp3) is 0.429. The van der Waals surface area contributed by atoms with E-state index in [1.165, 1.54) is 35.4 Å². The highest BCUT2D eigenvalue weighted by Crippen LogP contribution is 2.30. The van der Waals surface area contributed by atoms with Crippen molar-refractivity contribution in [3.63, 3.8) is 0 Å². The number of benzene rings is 1. The molecule has 1 aliphatic carbocycles. The van der Waals surface area contributed by atoms with Gasteiger partial charge in [0, 0.05) is 31.1 Å². The fourth-order valence-electron chi connectivity index (χ4n) is 3.88. The van der Waals surface area contributed by atoms with E-state index >= 15 is 0 Å². The van der Waals surface area contributed by atoms with Crippen molar-refractivity contribution in [2.75, 3.05) is 26.2 Å². The van der Waals surface area contributed by atoms with Gasteiger partial charge in [-0.25, -0.2) is 4.39 Å². The molecule has 0 spiro atoms. The number of carbonyl (C=O) groups is 2. The molecule has 0 radical (unpaired) electrons. The number of hydrogen-bond acceptors (Lipinski definition) is 3. The number of halogens is 1. The number of thiophene rings is 1. The van der Waals surface area contributed by atoms with Gasteiger partial charge in [-0.05, 0) is 55.9 Å². The topological polar surface area (TPSA) is 40.6 Å². The number of nitrogens with zero attached hydrogens (tertiary/aromatic N) is 2. The van der Waals surface area contributed by atoms with Crippen molar-refractivity contribution < 1.29 is 14.0 Å². The van der Waals surface area contributed by atoms with Crippen molar-refractivity contribution in [3.8, 4) is 0 Å². The van der Waals surface area contributed by atoms with Crippen LogP contribution in [-0.4, -0.2) is 47.8 Å². The number of carbonyl (C=O) groups excluding carboxylic acids is 2. The van der Waals surface area contributed by atoms with Crippen molar-refractivity contribution in [1.29, 1.82) is 0 Å². The summed E-state index contributed by atoms with van der Waals surface area (Å²) >= 11 is 1.63. The number of aryl methyl sites for hydroxylation is 2. The van der Waals surface area contributed by atoms with Gasteiger partial charge in [0.25, 0.3) is 11.8 Å². The summed E-state index contributed by atoms with van der Waals surface area (Å²) in [5.74, 6) is -0.729. The second kappa shape index (κ2) is 7.80. The first-order valence-corrected chi connectivity index (χ1v) is 10.4. The molecular formula is C21H23FN2O2S. The van der Waals surface area contributed by atoms with Crippen molar-refractivity contribution in [1.82, 2.24) is 9.80 Å². The summed E-state index contributed by atoms with van der Waals surface area (Å²) in [6.07, 6.45) is 5.27. The highest BCUT2D eigenvalue weighted by molar-refractivity contribution is 7.14. The third kappa shape index (κ3) is 3.76. The molecule has 2 heterocycles. The molecule has 0 N–H and O–H groups in total. The molecule has 0 bridgehead atoms. The number of hydrogen-bond donors (Lipinski definition) is 0. The summed E-state index contributed by atoms with van der Waals surface area (Å²) in [7, 11) is 0. The summed E-state index contributed by atoms with van der Waals surface area (Å²) in [6, 6.07) is 8.13. The quantitative estimate of drug-likeness (QED) is 0.789. The van der Waals surface area contributed by atoms with Gasteiger partial charge >= 0.3 is 0 Å². The number of rotatable bonds is 2. The van der Waals surface area contributed by atoms with Crippen LogP contribution < -0.4 is 0 Å². The summed E-state index contributed by atoms with van der Waals surface area (Å²) in [6.45, 7) is 2.09. The van der Waals surface area contributed by atoms with Crippen LogP contribution in [0.2, 0.25) is 0 Å². The summed E-state index contributed by atoms with van der Waals surface area (Å²) in [5, 5.41) is 0. The van der Waals surface area contributed by atoms with Crippen LogP contribution in [0.25, 0.3) is 0 Å². The highest BCUT2D eigenvalue weighted by Gasteiger charge is 2.26. The molecule has 1 aromatic carbocycles. The molecule has 0 unspecified atom stereocenters. The Morgan fingerprint density at radius 2 is 1.59 bits per heavy atom. The van der Waals surface area contributed by atoms with Crippen molar-refractivity contribution in [2.45, 2.75) is 32.1 Å². The lowest BCUT2D eigenvalue weighted by atomic mass is 9.99. The minimum absolute atomic E-state index is 0.0644. The number of fused-ring (bicyclic) bond motifs is 1. The maximum atomic E-state index is 13.9. The van der Waals surface area contributed by atoms with Crippen LogP contribution in [0.4, 0.5) is 4.39 Å². The third-order valence-corrected chi connectivity index (χ3v) is 6.61. The lowest BCUT2D eigenvalue weighted by Crippen LogP contribution is -2.37.